The number of aliphatic carboxylic acids is 1. The summed E-state index contributed by atoms with van der Waals surface area (Å²) in [5.41, 5.74) is 1.60. The van der Waals surface area contributed by atoms with Crippen molar-refractivity contribution in [2.24, 2.45) is 0 Å². The topological polar surface area (TPSA) is 104 Å². The maximum Gasteiger partial charge on any atom is 0.318 e. The summed E-state index contributed by atoms with van der Waals surface area (Å²) in [6.07, 6.45) is 0.380. The molecule has 2 rings (SSSR count). The molecule has 1 saturated heterocycles. The van der Waals surface area contributed by atoms with E-state index in [-0.39, 0.29) is 25.6 Å². The fraction of sp³-hybridized carbons (Fsp3) is 0.500. The van der Waals surface area contributed by atoms with E-state index in [0.29, 0.717) is 12.1 Å². The first-order valence-corrected chi connectivity index (χ1v) is 9.66. The van der Waals surface area contributed by atoms with Crippen molar-refractivity contribution in [2.75, 3.05) is 39.0 Å². The molecule has 1 fully saturated rings. The minimum atomic E-state index is -3.68. The van der Waals surface area contributed by atoms with Crippen LogP contribution in [0, 0.1) is 6.92 Å². The standard InChI is InChI=1S/C16H22N2O6S/c1-12-3-5-13(6-4-12)16(21)17-7-8-24-14(9-17)10-18(11-15(19)20)25(2,22)23/h3-6,14H,7-11H2,1-2H3,(H,19,20). The van der Waals surface area contributed by atoms with E-state index in [1.165, 1.54) is 0 Å². The second-order valence-corrected chi connectivity index (χ2v) is 8.04. The van der Waals surface area contributed by atoms with Gasteiger partial charge in [-0.05, 0) is 19.1 Å². The molecule has 25 heavy (non-hydrogen) atoms. The van der Waals surface area contributed by atoms with Crippen LogP contribution >= 0.6 is 0 Å². The molecule has 8 nitrogen and oxygen atoms in total. The third-order valence-corrected chi connectivity index (χ3v) is 5.13. The number of hydrogen-bond donors (Lipinski definition) is 1. The minimum absolute atomic E-state index is 0.108. The number of carboxylic acids is 1. The zero-order chi connectivity index (χ0) is 18.6. The van der Waals surface area contributed by atoms with Gasteiger partial charge >= 0.3 is 5.97 Å². The summed E-state index contributed by atoms with van der Waals surface area (Å²) in [5.74, 6) is -1.40. The first-order valence-electron chi connectivity index (χ1n) is 7.81. The van der Waals surface area contributed by atoms with E-state index in [2.05, 4.69) is 0 Å². The van der Waals surface area contributed by atoms with Gasteiger partial charge in [0.25, 0.3) is 5.91 Å². The van der Waals surface area contributed by atoms with Crippen molar-refractivity contribution >= 4 is 21.9 Å². The number of carboxylic acid groups (broad SMARTS) is 1. The second kappa shape index (κ2) is 7.94. The van der Waals surface area contributed by atoms with Crippen LogP contribution < -0.4 is 0 Å². The number of hydrogen-bond acceptors (Lipinski definition) is 5. The van der Waals surface area contributed by atoms with Gasteiger partial charge in [0.2, 0.25) is 10.0 Å². The Balaban J connectivity index is 2.05. The van der Waals surface area contributed by atoms with Crippen LogP contribution in [0.2, 0.25) is 0 Å². The number of amides is 1. The lowest BCUT2D eigenvalue weighted by molar-refractivity contribution is -0.137. The van der Waals surface area contributed by atoms with Gasteiger partial charge in [-0.1, -0.05) is 17.7 Å². The molecule has 0 aliphatic carbocycles. The Morgan fingerprint density at radius 2 is 1.96 bits per heavy atom. The van der Waals surface area contributed by atoms with Gasteiger partial charge in [0.05, 0.1) is 19.0 Å². The van der Waals surface area contributed by atoms with Crippen molar-refractivity contribution in [1.29, 1.82) is 0 Å². The molecule has 0 radical (unpaired) electrons. The van der Waals surface area contributed by atoms with Crippen molar-refractivity contribution in [1.82, 2.24) is 9.21 Å². The third-order valence-electron chi connectivity index (χ3n) is 3.91. The second-order valence-electron chi connectivity index (χ2n) is 6.06. The maximum absolute atomic E-state index is 12.6. The smallest absolute Gasteiger partial charge is 0.318 e. The van der Waals surface area contributed by atoms with E-state index in [1.54, 1.807) is 17.0 Å². The summed E-state index contributed by atoms with van der Waals surface area (Å²) in [7, 11) is -3.68. The fourth-order valence-corrected chi connectivity index (χ4v) is 3.37. The molecule has 0 spiro atoms. The predicted octanol–water partition coefficient (Wildman–Crippen LogP) is 0.182. The van der Waals surface area contributed by atoms with Crippen LogP contribution in [0.15, 0.2) is 24.3 Å². The Labute approximate surface area is 147 Å². The van der Waals surface area contributed by atoms with Gasteiger partial charge in [-0.15, -0.1) is 0 Å². The van der Waals surface area contributed by atoms with E-state index in [1.807, 2.05) is 19.1 Å². The van der Waals surface area contributed by atoms with Gasteiger partial charge in [0, 0.05) is 25.2 Å². The molecule has 1 N–H and O–H groups in total. The molecule has 1 aliphatic rings. The van der Waals surface area contributed by atoms with E-state index >= 15 is 0 Å². The molecule has 0 bridgehead atoms. The fourth-order valence-electron chi connectivity index (χ4n) is 2.59. The van der Waals surface area contributed by atoms with E-state index in [9.17, 15) is 18.0 Å². The number of ether oxygens (including phenoxy) is 1. The average molecular weight is 370 g/mol. The number of morpholine rings is 1. The average Bonchev–Trinajstić information content (AvgIpc) is 2.53. The largest absolute Gasteiger partial charge is 0.480 e. The Kier molecular flexibility index (Phi) is 6.15. The molecule has 1 unspecified atom stereocenters. The van der Waals surface area contributed by atoms with Gasteiger partial charge in [-0.25, -0.2) is 8.42 Å². The normalized spacial score (nSPS) is 18.4. The quantitative estimate of drug-likeness (QED) is 0.766. The number of carbonyl (C=O) groups is 2. The SMILES string of the molecule is Cc1ccc(C(=O)N2CCOC(CN(CC(=O)O)S(C)(=O)=O)C2)cc1. The van der Waals surface area contributed by atoms with E-state index in [4.69, 9.17) is 9.84 Å². The number of carbonyl (C=O) groups excluding carboxylic acids is 1. The Morgan fingerprint density at radius 3 is 2.52 bits per heavy atom. The molecule has 0 saturated carbocycles. The van der Waals surface area contributed by atoms with Crippen molar-refractivity contribution < 1.29 is 27.9 Å². The molecular weight excluding hydrogens is 348 g/mol. The molecule has 1 heterocycles. The summed E-state index contributed by atoms with van der Waals surface area (Å²) < 4.78 is 29.8. The Hall–Kier alpha value is -1.97. The summed E-state index contributed by atoms with van der Waals surface area (Å²) in [6.45, 7) is 2.07. The number of benzene rings is 1. The maximum atomic E-state index is 12.6. The molecule has 1 amide bonds. The molecule has 1 atom stereocenters. The van der Waals surface area contributed by atoms with Crippen LogP contribution in [0.1, 0.15) is 15.9 Å². The van der Waals surface area contributed by atoms with E-state index in [0.717, 1.165) is 16.1 Å². The van der Waals surface area contributed by atoms with Gasteiger partial charge in [-0.2, -0.15) is 4.31 Å². The first kappa shape index (κ1) is 19.4. The highest BCUT2D eigenvalue weighted by molar-refractivity contribution is 7.88. The third kappa shape index (κ3) is 5.52. The van der Waals surface area contributed by atoms with Crippen LogP contribution in [0.5, 0.6) is 0 Å². The molecule has 0 aromatic heterocycles. The molecule has 1 aromatic rings. The van der Waals surface area contributed by atoms with Crippen molar-refractivity contribution in [3.63, 3.8) is 0 Å². The van der Waals surface area contributed by atoms with Gasteiger partial charge in [-0.3, -0.25) is 9.59 Å². The van der Waals surface area contributed by atoms with Gasteiger partial charge in [0.15, 0.2) is 0 Å². The van der Waals surface area contributed by atoms with Crippen molar-refractivity contribution in [2.45, 2.75) is 13.0 Å². The lowest BCUT2D eigenvalue weighted by atomic mass is 10.1. The highest BCUT2D eigenvalue weighted by Crippen LogP contribution is 2.13. The van der Waals surface area contributed by atoms with Crippen LogP contribution in [0.3, 0.4) is 0 Å². The molecule has 1 aromatic carbocycles. The molecule has 138 valence electrons. The summed E-state index contributed by atoms with van der Waals surface area (Å²) in [4.78, 5) is 25.0. The number of aryl methyl sites for hydroxylation is 1. The van der Waals surface area contributed by atoms with Crippen LogP contribution in [-0.2, 0) is 19.6 Å². The monoisotopic (exact) mass is 370 g/mol. The van der Waals surface area contributed by atoms with Crippen LogP contribution in [0.25, 0.3) is 0 Å². The number of sulfonamides is 1. The Morgan fingerprint density at radius 1 is 1.32 bits per heavy atom. The van der Waals surface area contributed by atoms with Crippen molar-refractivity contribution in [3.05, 3.63) is 35.4 Å². The molecular formula is C16H22N2O6S. The van der Waals surface area contributed by atoms with Crippen LogP contribution in [0.4, 0.5) is 0 Å². The zero-order valence-electron chi connectivity index (χ0n) is 14.2. The summed E-state index contributed by atoms with van der Waals surface area (Å²) in [6, 6.07) is 7.19. The van der Waals surface area contributed by atoms with Crippen molar-refractivity contribution in [3.8, 4) is 0 Å². The Bertz CT molecular complexity index is 731. The summed E-state index contributed by atoms with van der Waals surface area (Å²) in [5, 5.41) is 8.88. The van der Waals surface area contributed by atoms with Gasteiger partial charge < -0.3 is 14.7 Å². The molecule has 1 aliphatic heterocycles. The number of nitrogens with zero attached hydrogens (tertiary/aromatic N) is 2. The highest BCUT2D eigenvalue weighted by Gasteiger charge is 2.30. The lowest BCUT2D eigenvalue weighted by Crippen LogP contribution is -2.51. The number of rotatable bonds is 6. The lowest BCUT2D eigenvalue weighted by Gasteiger charge is -2.35. The minimum Gasteiger partial charge on any atom is -0.480 e. The van der Waals surface area contributed by atoms with Gasteiger partial charge in [0.1, 0.15) is 6.54 Å². The highest BCUT2D eigenvalue weighted by atomic mass is 32.2. The predicted molar refractivity (Wildman–Crippen MR) is 90.9 cm³/mol. The van der Waals surface area contributed by atoms with Crippen LogP contribution in [-0.4, -0.2) is 79.8 Å². The first-order chi connectivity index (χ1) is 11.7. The zero-order valence-corrected chi connectivity index (χ0v) is 15.0. The summed E-state index contributed by atoms with van der Waals surface area (Å²) >= 11 is 0. The van der Waals surface area contributed by atoms with E-state index < -0.39 is 28.6 Å². The molecule has 9 heteroatoms.